The topological polar surface area (TPSA) is 47.0 Å². The number of ether oxygens (including phenoxy) is 1. The average Bonchev–Trinajstić information content (AvgIpc) is 2.86. The third-order valence-corrected chi connectivity index (χ3v) is 3.13. The molecule has 0 aliphatic heterocycles. The average molecular weight is 263 g/mol. The molecule has 4 nitrogen and oxygen atoms in total. The lowest BCUT2D eigenvalue weighted by Gasteiger charge is -2.04. The van der Waals surface area contributed by atoms with Gasteiger partial charge in [-0.1, -0.05) is 19.1 Å². The largest absolute Gasteiger partial charge is 0.377 e. The molecule has 1 aromatic heterocycles. The molecule has 0 atom stereocenters. The number of benzene rings is 1. The highest BCUT2D eigenvalue weighted by molar-refractivity contribution is 7.09. The third-order valence-electron chi connectivity index (χ3n) is 2.46. The second kappa shape index (κ2) is 6.47. The number of aryl methyl sites for hydroxylation is 1. The Morgan fingerprint density at radius 3 is 2.61 bits per heavy atom. The van der Waals surface area contributed by atoms with E-state index in [1.165, 1.54) is 17.1 Å². The van der Waals surface area contributed by atoms with Crippen LogP contribution in [-0.4, -0.2) is 16.0 Å². The van der Waals surface area contributed by atoms with Crippen LogP contribution in [0.25, 0.3) is 0 Å². The molecule has 0 unspecified atom stereocenters. The Labute approximate surface area is 111 Å². The minimum atomic E-state index is 0.662. The third kappa shape index (κ3) is 3.51. The molecule has 96 valence electrons. The van der Waals surface area contributed by atoms with Gasteiger partial charge < -0.3 is 10.1 Å². The minimum Gasteiger partial charge on any atom is -0.377 e. The number of hydrogen-bond donors (Lipinski definition) is 1. The zero-order chi connectivity index (χ0) is 12.8. The molecule has 0 aliphatic rings. The van der Waals surface area contributed by atoms with Gasteiger partial charge >= 0.3 is 0 Å². The molecule has 2 rings (SSSR count). The van der Waals surface area contributed by atoms with Crippen molar-refractivity contribution in [1.29, 1.82) is 0 Å². The highest BCUT2D eigenvalue weighted by atomic mass is 32.1. The van der Waals surface area contributed by atoms with Crippen LogP contribution in [0.1, 0.15) is 25.2 Å². The van der Waals surface area contributed by atoms with Crippen molar-refractivity contribution < 1.29 is 4.74 Å². The normalized spacial score (nSPS) is 10.6. The van der Waals surface area contributed by atoms with Crippen LogP contribution in [0, 0.1) is 0 Å². The van der Waals surface area contributed by atoms with Crippen LogP contribution in [0.15, 0.2) is 24.3 Å². The van der Waals surface area contributed by atoms with Crippen molar-refractivity contribution in [3.63, 3.8) is 0 Å². The SMILES string of the molecule is CCOCc1ccc(Nc2nc(CC)ns2)cc1. The highest BCUT2D eigenvalue weighted by Crippen LogP contribution is 2.19. The van der Waals surface area contributed by atoms with Gasteiger partial charge in [0.25, 0.3) is 0 Å². The van der Waals surface area contributed by atoms with E-state index in [9.17, 15) is 0 Å². The molecule has 1 heterocycles. The number of nitrogens with one attached hydrogen (secondary N) is 1. The maximum atomic E-state index is 5.35. The van der Waals surface area contributed by atoms with Gasteiger partial charge in [0.1, 0.15) is 5.82 Å². The van der Waals surface area contributed by atoms with Gasteiger partial charge in [-0.05, 0) is 24.6 Å². The van der Waals surface area contributed by atoms with E-state index in [2.05, 4.69) is 26.8 Å². The lowest BCUT2D eigenvalue weighted by Crippen LogP contribution is -1.93. The monoisotopic (exact) mass is 263 g/mol. The summed E-state index contributed by atoms with van der Waals surface area (Å²) >= 11 is 1.39. The Bertz CT molecular complexity index is 481. The summed E-state index contributed by atoms with van der Waals surface area (Å²) in [5.74, 6) is 0.885. The first-order chi connectivity index (χ1) is 8.81. The van der Waals surface area contributed by atoms with E-state index in [0.29, 0.717) is 6.61 Å². The van der Waals surface area contributed by atoms with Gasteiger partial charge in [-0.15, -0.1) is 0 Å². The van der Waals surface area contributed by atoms with Crippen LogP contribution < -0.4 is 5.32 Å². The second-order valence-electron chi connectivity index (χ2n) is 3.83. The predicted molar refractivity (Wildman–Crippen MR) is 74.3 cm³/mol. The van der Waals surface area contributed by atoms with E-state index in [1.54, 1.807) is 0 Å². The molecule has 0 saturated heterocycles. The van der Waals surface area contributed by atoms with E-state index in [1.807, 2.05) is 26.0 Å². The number of anilines is 2. The maximum absolute atomic E-state index is 5.35. The number of nitrogens with zero attached hydrogens (tertiary/aromatic N) is 2. The van der Waals surface area contributed by atoms with Gasteiger partial charge in [0, 0.05) is 30.2 Å². The first-order valence-electron chi connectivity index (χ1n) is 6.08. The fourth-order valence-electron chi connectivity index (χ4n) is 1.48. The first kappa shape index (κ1) is 13.0. The zero-order valence-corrected chi connectivity index (χ0v) is 11.5. The predicted octanol–water partition coefficient (Wildman–Crippen LogP) is 3.38. The van der Waals surface area contributed by atoms with Crippen molar-refractivity contribution in [1.82, 2.24) is 9.36 Å². The zero-order valence-electron chi connectivity index (χ0n) is 10.6. The molecule has 18 heavy (non-hydrogen) atoms. The summed E-state index contributed by atoms with van der Waals surface area (Å²) < 4.78 is 9.59. The molecule has 0 spiro atoms. The highest BCUT2D eigenvalue weighted by Gasteiger charge is 2.02. The quantitative estimate of drug-likeness (QED) is 0.868. The number of aromatic nitrogens is 2. The van der Waals surface area contributed by atoms with Crippen LogP contribution in [0.3, 0.4) is 0 Å². The summed E-state index contributed by atoms with van der Waals surface area (Å²) in [6.45, 7) is 5.45. The van der Waals surface area contributed by atoms with Crippen LogP contribution >= 0.6 is 11.5 Å². The number of rotatable bonds is 6. The van der Waals surface area contributed by atoms with E-state index in [4.69, 9.17) is 4.74 Å². The van der Waals surface area contributed by atoms with Crippen molar-refractivity contribution in [3.05, 3.63) is 35.7 Å². The fourth-order valence-corrected chi connectivity index (χ4v) is 2.15. The molecular formula is C13H17N3OS. The Kier molecular flexibility index (Phi) is 4.66. The van der Waals surface area contributed by atoms with E-state index >= 15 is 0 Å². The van der Waals surface area contributed by atoms with Crippen LogP contribution in [-0.2, 0) is 17.8 Å². The fraction of sp³-hybridized carbons (Fsp3) is 0.385. The Balaban J connectivity index is 1.97. The molecule has 0 aliphatic carbocycles. The van der Waals surface area contributed by atoms with Crippen LogP contribution in [0.4, 0.5) is 10.8 Å². The Hall–Kier alpha value is -1.46. The lowest BCUT2D eigenvalue weighted by atomic mass is 10.2. The van der Waals surface area contributed by atoms with Gasteiger partial charge in [-0.2, -0.15) is 4.37 Å². The molecular weight excluding hydrogens is 246 g/mol. The molecule has 1 aromatic carbocycles. The van der Waals surface area contributed by atoms with Crippen molar-refractivity contribution in [2.24, 2.45) is 0 Å². The minimum absolute atomic E-state index is 0.662. The van der Waals surface area contributed by atoms with Gasteiger partial charge in [-0.25, -0.2) is 4.98 Å². The molecule has 0 bridgehead atoms. The van der Waals surface area contributed by atoms with Crippen LogP contribution in [0.2, 0.25) is 0 Å². The summed E-state index contributed by atoms with van der Waals surface area (Å²) in [6, 6.07) is 8.17. The van der Waals surface area contributed by atoms with Gasteiger partial charge in [0.15, 0.2) is 0 Å². The summed E-state index contributed by atoms with van der Waals surface area (Å²) in [5, 5.41) is 4.08. The van der Waals surface area contributed by atoms with E-state index in [-0.39, 0.29) is 0 Å². The van der Waals surface area contributed by atoms with E-state index < -0.39 is 0 Å². The van der Waals surface area contributed by atoms with Crippen molar-refractivity contribution >= 4 is 22.4 Å². The number of hydrogen-bond acceptors (Lipinski definition) is 5. The van der Waals surface area contributed by atoms with Crippen molar-refractivity contribution in [2.75, 3.05) is 11.9 Å². The second-order valence-corrected chi connectivity index (χ2v) is 4.58. The molecule has 5 heteroatoms. The molecule has 0 saturated carbocycles. The van der Waals surface area contributed by atoms with Crippen LogP contribution in [0.5, 0.6) is 0 Å². The summed E-state index contributed by atoms with van der Waals surface area (Å²) in [5.41, 5.74) is 2.20. The standard InChI is InChI=1S/C13H17N3OS/c1-3-12-15-13(18-16-12)14-11-7-5-10(6-8-11)9-17-4-2/h5-8H,3-4,9H2,1-2H3,(H,14,15,16). The van der Waals surface area contributed by atoms with Gasteiger partial charge in [0.2, 0.25) is 5.13 Å². The molecule has 1 N–H and O–H groups in total. The molecule has 0 amide bonds. The summed E-state index contributed by atoms with van der Waals surface area (Å²) in [7, 11) is 0. The van der Waals surface area contributed by atoms with Crippen molar-refractivity contribution in [3.8, 4) is 0 Å². The van der Waals surface area contributed by atoms with Gasteiger partial charge in [0.05, 0.1) is 6.61 Å². The lowest BCUT2D eigenvalue weighted by molar-refractivity contribution is 0.134. The van der Waals surface area contributed by atoms with Crippen molar-refractivity contribution in [2.45, 2.75) is 26.9 Å². The Morgan fingerprint density at radius 1 is 1.22 bits per heavy atom. The smallest absolute Gasteiger partial charge is 0.207 e. The summed E-state index contributed by atoms with van der Waals surface area (Å²) in [6.07, 6.45) is 0.867. The molecule has 0 fully saturated rings. The Morgan fingerprint density at radius 2 is 2.00 bits per heavy atom. The first-order valence-corrected chi connectivity index (χ1v) is 6.85. The molecule has 2 aromatic rings. The molecule has 0 radical (unpaired) electrons. The van der Waals surface area contributed by atoms with Gasteiger partial charge in [-0.3, -0.25) is 0 Å². The maximum Gasteiger partial charge on any atom is 0.207 e. The van der Waals surface area contributed by atoms with E-state index in [0.717, 1.165) is 29.7 Å². The summed E-state index contributed by atoms with van der Waals surface area (Å²) in [4.78, 5) is 4.37.